The molecule has 1 aromatic rings. The topological polar surface area (TPSA) is 17.1 Å². The predicted molar refractivity (Wildman–Crippen MR) is 59.4 cm³/mol. The van der Waals surface area contributed by atoms with Gasteiger partial charge in [-0.25, -0.2) is 0 Å². The largest absolute Gasteiger partial charge is 0.300 e. The zero-order valence-corrected chi connectivity index (χ0v) is 8.99. The summed E-state index contributed by atoms with van der Waals surface area (Å²) in [7, 11) is 0. The molecule has 0 N–H and O–H groups in total. The molecule has 0 saturated carbocycles. The third-order valence-corrected chi connectivity index (χ3v) is 2.44. The number of hydrogen-bond donors (Lipinski definition) is 0. The van der Waals surface area contributed by atoms with E-state index in [9.17, 15) is 4.79 Å². The first-order valence-corrected chi connectivity index (χ1v) is 5.28. The van der Waals surface area contributed by atoms with Crippen LogP contribution >= 0.6 is 0 Å². The van der Waals surface area contributed by atoms with Crippen LogP contribution in [0.2, 0.25) is 0 Å². The molecular weight excluding hydrogens is 172 g/mol. The summed E-state index contributed by atoms with van der Waals surface area (Å²) in [5.41, 5.74) is 1.30. The molecule has 1 nitrogen and oxygen atoms in total. The Morgan fingerprint density at radius 3 is 2.43 bits per heavy atom. The van der Waals surface area contributed by atoms with Crippen LogP contribution in [0.1, 0.15) is 44.6 Å². The number of hydrogen-bond acceptors (Lipinski definition) is 1. The molecule has 0 heterocycles. The number of Topliss-reactive ketones (excluding diaryl/α,β-unsaturated/α-hetero) is 1. The van der Waals surface area contributed by atoms with Gasteiger partial charge in [0.2, 0.25) is 0 Å². The van der Waals surface area contributed by atoms with Gasteiger partial charge in [0, 0.05) is 6.42 Å². The van der Waals surface area contributed by atoms with Crippen LogP contribution in [0, 0.1) is 0 Å². The van der Waals surface area contributed by atoms with Gasteiger partial charge in [0.25, 0.3) is 0 Å². The SMILES string of the molecule is CCC[C@H](CC(C)=O)c1ccccc1. The zero-order valence-electron chi connectivity index (χ0n) is 8.99. The van der Waals surface area contributed by atoms with Crippen molar-refractivity contribution in [2.75, 3.05) is 0 Å². The predicted octanol–water partition coefficient (Wildman–Crippen LogP) is 3.55. The second-order valence-electron chi connectivity index (χ2n) is 3.80. The molecular formula is C13H18O. The van der Waals surface area contributed by atoms with E-state index in [2.05, 4.69) is 19.1 Å². The molecule has 0 fully saturated rings. The second-order valence-corrected chi connectivity index (χ2v) is 3.80. The van der Waals surface area contributed by atoms with E-state index in [1.807, 2.05) is 18.2 Å². The summed E-state index contributed by atoms with van der Waals surface area (Å²) in [6, 6.07) is 10.3. The first kappa shape index (κ1) is 11.0. The van der Waals surface area contributed by atoms with Gasteiger partial charge in [-0.3, -0.25) is 0 Å². The van der Waals surface area contributed by atoms with E-state index in [1.165, 1.54) is 5.56 Å². The Morgan fingerprint density at radius 1 is 1.29 bits per heavy atom. The summed E-state index contributed by atoms with van der Waals surface area (Å²) in [4.78, 5) is 11.1. The van der Waals surface area contributed by atoms with Gasteiger partial charge in [0.15, 0.2) is 0 Å². The lowest BCUT2D eigenvalue weighted by Gasteiger charge is -2.14. The van der Waals surface area contributed by atoms with E-state index in [1.54, 1.807) is 6.92 Å². The minimum atomic E-state index is 0.285. The summed E-state index contributed by atoms with van der Waals surface area (Å²) in [5.74, 6) is 0.700. The zero-order chi connectivity index (χ0) is 10.4. The highest BCUT2D eigenvalue weighted by atomic mass is 16.1. The van der Waals surface area contributed by atoms with Crippen LogP contribution in [-0.4, -0.2) is 5.78 Å². The monoisotopic (exact) mass is 190 g/mol. The molecule has 0 aromatic heterocycles. The molecule has 76 valence electrons. The van der Waals surface area contributed by atoms with Crippen LogP contribution in [0.15, 0.2) is 30.3 Å². The highest BCUT2D eigenvalue weighted by Gasteiger charge is 2.11. The molecule has 0 unspecified atom stereocenters. The fourth-order valence-electron chi connectivity index (χ4n) is 1.81. The molecule has 1 heteroatoms. The fraction of sp³-hybridized carbons (Fsp3) is 0.462. The third-order valence-electron chi connectivity index (χ3n) is 2.44. The Labute approximate surface area is 86.1 Å². The quantitative estimate of drug-likeness (QED) is 0.694. The minimum absolute atomic E-state index is 0.285. The van der Waals surface area contributed by atoms with Gasteiger partial charge in [-0.05, 0) is 24.8 Å². The number of carbonyl (C=O) groups is 1. The molecule has 14 heavy (non-hydrogen) atoms. The smallest absolute Gasteiger partial charge is 0.130 e. The molecule has 0 bridgehead atoms. The van der Waals surface area contributed by atoms with Crippen molar-refractivity contribution in [3.8, 4) is 0 Å². The second kappa shape index (κ2) is 5.58. The maximum Gasteiger partial charge on any atom is 0.130 e. The van der Waals surface area contributed by atoms with Gasteiger partial charge in [0.05, 0.1) is 0 Å². The maximum atomic E-state index is 11.1. The van der Waals surface area contributed by atoms with Crippen molar-refractivity contribution in [1.29, 1.82) is 0 Å². The molecule has 0 aliphatic heterocycles. The first-order chi connectivity index (χ1) is 6.74. The van der Waals surface area contributed by atoms with Crippen molar-refractivity contribution in [2.24, 2.45) is 0 Å². The summed E-state index contributed by atoms with van der Waals surface area (Å²) in [5, 5.41) is 0. The standard InChI is InChI=1S/C13H18O/c1-3-7-13(10-11(2)14)12-8-5-4-6-9-12/h4-6,8-9,13H,3,7,10H2,1-2H3/t13-/m1/s1. The number of rotatable bonds is 5. The first-order valence-electron chi connectivity index (χ1n) is 5.28. The molecule has 0 saturated heterocycles. The molecule has 0 aliphatic carbocycles. The van der Waals surface area contributed by atoms with Gasteiger partial charge < -0.3 is 4.79 Å². The number of ketones is 1. The Kier molecular flexibility index (Phi) is 4.37. The molecule has 1 atom stereocenters. The van der Waals surface area contributed by atoms with Crippen LogP contribution in [-0.2, 0) is 4.79 Å². The molecule has 1 rings (SSSR count). The van der Waals surface area contributed by atoms with Crippen molar-refractivity contribution >= 4 is 5.78 Å². The van der Waals surface area contributed by atoms with Crippen LogP contribution in [0.3, 0.4) is 0 Å². The van der Waals surface area contributed by atoms with E-state index in [0.717, 1.165) is 12.8 Å². The summed E-state index contributed by atoms with van der Waals surface area (Å²) < 4.78 is 0. The van der Waals surface area contributed by atoms with E-state index in [0.29, 0.717) is 12.3 Å². The normalized spacial score (nSPS) is 12.4. The molecule has 0 aliphatic rings. The lowest BCUT2D eigenvalue weighted by atomic mass is 9.90. The van der Waals surface area contributed by atoms with Gasteiger partial charge in [-0.1, -0.05) is 43.7 Å². The minimum Gasteiger partial charge on any atom is -0.300 e. The Hall–Kier alpha value is -1.11. The van der Waals surface area contributed by atoms with Gasteiger partial charge in [-0.15, -0.1) is 0 Å². The Morgan fingerprint density at radius 2 is 1.93 bits per heavy atom. The lowest BCUT2D eigenvalue weighted by molar-refractivity contribution is -0.117. The van der Waals surface area contributed by atoms with Gasteiger partial charge in [-0.2, -0.15) is 0 Å². The van der Waals surface area contributed by atoms with E-state index in [-0.39, 0.29) is 5.78 Å². The lowest BCUT2D eigenvalue weighted by Crippen LogP contribution is -2.03. The Bertz CT molecular complexity index is 277. The fourth-order valence-corrected chi connectivity index (χ4v) is 1.81. The van der Waals surface area contributed by atoms with Crippen LogP contribution < -0.4 is 0 Å². The summed E-state index contributed by atoms with van der Waals surface area (Å²) >= 11 is 0. The van der Waals surface area contributed by atoms with Crippen molar-refractivity contribution in [1.82, 2.24) is 0 Å². The average Bonchev–Trinajstić information content (AvgIpc) is 2.18. The van der Waals surface area contributed by atoms with Gasteiger partial charge >= 0.3 is 0 Å². The Balaban J connectivity index is 2.72. The van der Waals surface area contributed by atoms with E-state index in [4.69, 9.17) is 0 Å². The van der Waals surface area contributed by atoms with E-state index >= 15 is 0 Å². The van der Waals surface area contributed by atoms with Crippen molar-refractivity contribution in [2.45, 2.75) is 39.0 Å². The average molecular weight is 190 g/mol. The third kappa shape index (κ3) is 3.33. The van der Waals surface area contributed by atoms with Crippen LogP contribution in [0.5, 0.6) is 0 Å². The molecule has 0 spiro atoms. The van der Waals surface area contributed by atoms with Crippen molar-refractivity contribution in [3.63, 3.8) is 0 Å². The van der Waals surface area contributed by atoms with Crippen LogP contribution in [0.4, 0.5) is 0 Å². The molecule has 0 amide bonds. The van der Waals surface area contributed by atoms with E-state index < -0.39 is 0 Å². The number of benzene rings is 1. The highest BCUT2D eigenvalue weighted by Crippen LogP contribution is 2.24. The highest BCUT2D eigenvalue weighted by molar-refractivity contribution is 5.76. The van der Waals surface area contributed by atoms with Crippen molar-refractivity contribution in [3.05, 3.63) is 35.9 Å². The van der Waals surface area contributed by atoms with Crippen LogP contribution in [0.25, 0.3) is 0 Å². The summed E-state index contributed by atoms with van der Waals surface area (Å²) in [6.45, 7) is 3.83. The number of carbonyl (C=O) groups excluding carboxylic acids is 1. The summed E-state index contributed by atoms with van der Waals surface area (Å²) in [6.07, 6.45) is 2.91. The molecule has 0 radical (unpaired) electrons. The van der Waals surface area contributed by atoms with Gasteiger partial charge in [0.1, 0.15) is 5.78 Å². The van der Waals surface area contributed by atoms with Crippen molar-refractivity contribution < 1.29 is 4.79 Å². The molecule has 1 aromatic carbocycles. The maximum absolute atomic E-state index is 11.1.